The van der Waals surface area contributed by atoms with Crippen molar-refractivity contribution in [1.29, 1.82) is 0 Å². The number of imidazole rings is 1. The number of aromatic amines is 1. The van der Waals surface area contributed by atoms with E-state index in [1.807, 2.05) is 6.07 Å². The predicted octanol–water partition coefficient (Wildman–Crippen LogP) is 2.95. The number of pyridine rings is 1. The van der Waals surface area contributed by atoms with E-state index in [-0.39, 0.29) is 48.5 Å². The number of hydrogen-bond donors (Lipinski definition) is 3. The van der Waals surface area contributed by atoms with Crippen LogP contribution in [0.15, 0.2) is 41.3 Å². The van der Waals surface area contributed by atoms with Crippen LogP contribution in [0.4, 0.5) is 18.4 Å². The van der Waals surface area contributed by atoms with Crippen LogP contribution in [0.1, 0.15) is 43.2 Å². The third kappa shape index (κ3) is 6.34. The zero-order valence-corrected chi connectivity index (χ0v) is 22.9. The van der Waals surface area contributed by atoms with E-state index in [0.29, 0.717) is 57.6 Å². The number of urea groups is 2. The second-order valence-electron chi connectivity index (χ2n) is 10.6. The Morgan fingerprint density at radius 2 is 1.85 bits per heavy atom. The quantitative estimate of drug-likeness (QED) is 0.393. The van der Waals surface area contributed by atoms with Crippen LogP contribution < -0.4 is 16.3 Å². The molecule has 220 valence electrons. The minimum absolute atomic E-state index is 0.0596. The average Bonchev–Trinajstić information content (AvgIpc) is 3.16. The molecule has 0 unspecified atom stereocenters. The number of likely N-dealkylation sites (tertiary alicyclic amines) is 2. The van der Waals surface area contributed by atoms with E-state index in [1.165, 1.54) is 13.2 Å². The number of nitrogens with one attached hydrogen (secondary N) is 3. The third-order valence-electron chi connectivity index (χ3n) is 7.97. The number of amides is 4. The van der Waals surface area contributed by atoms with Crippen LogP contribution in [0.5, 0.6) is 0 Å². The molecule has 3 aromatic rings. The van der Waals surface area contributed by atoms with Gasteiger partial charge in [-0.3, -0.25) is 9.55 Å². The van der Waals surface area contributed by atoms with E-state index < -0.39 is 17.6 Å². The Labute approximate surface area is 235 Å². The maximum absolute atomic E-state index is 14.7. The number of hydrogen-bond acceptors (Lipinski definition) is 5. The number of fused-ring (bicyclic) bond motifs is 1. The summed E-state index contributed by atoms with van der Waals surface area (Å²) in [5.41, 5.74) is 1.29. The maximum atomic E-state index is 14.7. The SMILES string of the molecule is COCCNC(=O)N1C[C@H](NC(=O)N2CCC(n3c(=O)[nH]c4ncccc43)CC2)CC[C@@H](c2cccc(F)c2F)C1. The van der Waals surface area contributed by atoms with Gasteiger partial charge in [0.15, 0.2) is 17.3 Å². The first-order valence-electron chi connectivity index (χ1n) is 13.9. The Hall–Kier alpha value is -4.00. The van der Waals surface area contributed by atoms with Gasteiger partial charge in [0.1, 0.15) is 0 Å². The first kappa shape index (κ1) is 28.5. The number of piperidine rings is 1. The summed E-state index contributed by atoms with van der Waals surface area (Å²) in [5, 5.41) is 5.85. The van der Waals surface area contributed by atoms with Crippen LogP contribution in [0.2, 0.25) is 0 Å². The highest BCUT2D eigenvalue weighted by Gasteiger charge is 2.32. The van der Waals surface area contributed by atoms with Crippen molar-refractivity contribution in [3.8, 4) is 0 Å². The van der Waals surface area contributed by atoms with E-state index in [9.17, 15) is 23.2 Å². The van der Waals surface area contributed by atoms with E-state index in [1.54, 1.807) is 32.7 Å². The van der Waals surface area contributed by atoms with E-state index in [0.717, 1.165) is 11.6 Å². The molecule has 2 fully saturated rings. The molecule has 2 saturated heterocycles. The zero-order valence-electron chi connectivity index (χ0n) is 22.9. The average molecular weight is 572 g/mol. The van der Waals surface area contributed by atoms with Gasteiger partial charge in [-0.15, -0.1) is 0 Å². The molecule has 4 heterocycles. The number of methoxy groups -OCH3 is 1. The summed E-state index contributed by atoms with van der Waals surface area (Å²) >= 11 is 0. The lowest BCUT2D eigenvalue weighted by molar-refractivity contribution is 0.161. The van der Waals surface area contributed by atoms with Gasteiger partial charge < -0.3 is 25.2 Å². The fourth-order valence-electron chi connectivity index (χ4n) is 5.85. The van der Waals surface area contributed by atoms with Gasteiger partial charge in [-0.1, -0.05) is 12.1 Å². The molecule has 3 N–H and O–H groups in total. The van der Waals surface area contributed by atoms with Gasteiger partial charge in [-0.25, -0.2) is 28.1 Å². The number of halogens is 2. The summed E-state index contributed by atoms with van der Waals surface area (Å²) in [6.45, 7) is 1.96. The molecule has 5 rings (SSSR count). The summed E-state index contributed by atoms with van der Waals surface area (Å²) in [6, 6.07) is 6.67. The summed E-state index contributed by atoms with van der Waals surface area (Å²) in [7, 11) is 1.53. The summed E-state index contributed by atoms with van der Waals surface area (Å²) < 4.78 is 35.4. The number of benzene rings is 1. The van der Waals surface area contributed by atoms with Gasteiger partial charge in [0, 0.05) is 64.0 Å². The molecular weight excluding hydrogens is 536 g/mol. The number of nitrogens with zero attached hydrogens (tertiary/aromatic N) is 4. The molecular formula is C28H35F2N7O4. The van der Waals surface area contributed by atoms with Crippen LogP contribution >= 0.6 is 0 Å². The van der Waals surface area contributed by atoms with Crippen LogP contribution in [0, 0.1) is 11.6 Å². The van der Waals surface area contributed by atoms with Gasteiger partial charge in [0.2, 0.25) is 0 Å². The highest BCUT2D eigenvalue weighted by Crippen LogP contribution is 2.30. The van der Waals surface area contributed by atoms with Crippen molar-refractivity contribution in [3.63, 3.8) is 0 Å². The number of H-pyrrole nitrogens is 1. The smallest absolute Gasteiger partial charge is 0.327 e. The molecule has 0 saturated carbocycles. The summed E-state index contributed by atoms with van der Waals surface area (Å²) in [4.78, 5) is 49.1. The van der Waals surface area contributed by atoms with E-state index >= 15 is 0 Å². The molecule has 0 spiro atoms. The monoisotopic (exact) mass is 571 g/mol. The molecule has 1 aromatic carbocycles. The lowest BCUT2D eigenvalue weighted by Gasteiger charge is -2.34. The maximum Gasteiger partial charge on any atom is 0.327 e. The van der Waals surface area contributed by atoms with Gasteiger partial charge in [0.05, 0.1) is 12.1 Å². The standard InChI is InChI=1S/C28H35F2N7O4/c1-41-15-12-32-26(38)36-16-18(21-4-2-5-22(29)24(21)30)7-8-19(17-36)33-27(39)35-13-9-20(10-14-35)37-23-6-3-11-31-25(23)34-28(37)40/h2-6,11,18-20H,7-10,12-17H2,1H3,(H,32,38)(H,33,39)(H,31,34,40)/t18-,19-/m1/s1. The van der Waals surface area contributed by atoms with Crippen LogP contribution in [0.3, 0.4) is 0 Å². The molecule has 4 amide bonds. The number of ether oxygens (including phenoxy) is 1. The number of aromatic nitrogens is 3. The number of rotatable bonds is 6. The van der Waals surface area contributed by atoms with Crippen molar-refractivity contribution in [2.24, 2.45) is 0 Å². The molecule has 0 aliphatic carbocycles. The first-order valence-corrected chi connectivity index (χ1v) is 13.9. The molecule has 41 heavy (non-hydrogen) atoms. The Balaban J connectivity index is 1.24. The third-order valence-corrected chi connectivity index (χ3v) is 7.97. The molecule has 11 nitrogen and oxygen atoms in total. The second-order valence-corrected chi connectivity index (χ2v) is 10.6. The summed E-state index contributed by atoms with van der Waals surface area (Å²) in [6.07, 6.45) is 3.79. The minimum atomic E-state index is -0.928. The van der Waals surface area contributed by atoms with Crippen molar-refractivity contribution < 1.29 is 23.1 Å². The van der Waals surface area contributed by atoms with Crippen LogP contribution in [0.25, 0.3) is 11.2 Å². The Morgan fingerprint density at radius 3 is 2.63 bits per heavy atom. The molecule has 2 atom stereocenters. The zero-order chi connectivity index (χ0) is 28.9. The fourth-order valence-corrected chi connectivity index (χ4v) is 5.85. The van der Waals surface area contributed by atoms with Crippen LogP contribution in [-0.2, 0) is 4.74 Å². The lowest BCUT2D eigenvalue weighted by atomic mass is 9.93. The van der Waals surface area contributed by atoms with Gasteiger partial charge >= 0.3 is 17.8 Å². The van der Waals surface area contributed by atoms with Crippen molar-refractivity contribution in [2.45, 2.75) is 43.7 Å². The predicted molar refractivity (Wildman–Crippen MR) is 148 cm³/mol. The van der Waals surface area contributed by atoms with E-state index in [4.69, 9.17) is 4.74 Å². The fraction of sp³-hybridized carbons (Fsp3) is 0.500. The Bertz CT molecular complexity index is 1440. The highest BCUT2D eigenvalue weighted by molar-refractivity contribution is 5.76. The number of carbonyl (C=O) groups excluding carboxylic acids is 2. The highest BCUT2D eigenvalue weighted by atomic mass is 19.2. The van der Waals surface area contributed by atoms with Gasteiger partial charge in [-0.05, 0) is 49.4 Å². The normalized spacial score (nSPS) is 20.2. The molecule has 13 heteroatoms. The van der Waals surface area contributed by atoms with E-state index in [2.05, 4.69) is 20.6 Å². The molecule has 2 aromatic heterocycles. The molecule has 0 radical (unpaired) electrons. The Kier molecular flexibility index (Phi) is 8.81. The van der Waals surface area contributed by atoms with Crippen molar-refractivity contribution in [1.82, 2.24) is 35.0 Å². The first-order chi connectivity index (χ1) is 19.9. The second kappa shape index (κ2) is 12.7. The van der Waals surface area contributed by atoms with Crippen LogP contribution in [-0.4, -0.2) is 88.9 Å². The lowest BCUT2D eigenvalue weighted by Crippen LogP contribution is -2.52. The van der Waals surface area contributed by atoms with Crippen molar-refractivity contribution >= 4 is 23.2 Å². The summed E-state index contributed by atoms with van der Waals surface area (Å²) in [5.74, 6) is -2.27. The molecule has 0 bridgehead atoms. The topological polar surface area (TPSA) is 125 Å². The molecule has 2 aliphatic rings. The van der Waals surface area contributed by atoms with Crippen molar-refractivity contribution in [3.05, 3.63) is 64.2 Å². The van der Waals surface area contributed by atoms with Crippen molar-refractivity contribution in [2.75, 3.05) is 46.4 Å². The van der Waals surface area contributed by atoms with Gasteiger partial charge in [-0.2, -0.15) is 0 Å². The minimum Gasteiger partial charge on any atom is -0.383 e. The molecule has 2 aliphatic heterocycles. The van der Waals surface area contributed by atoms with Gasteiger partial charge in [0.25, 0.3) is 0 Å². The Morgan fingerprint density at radius 1 is 1.05 bits per heavy atom. The number of carbonyl (C=O) groups is 2. The largest absolute Gasteiger partial charge is 0.383 e.